The number of halogens is 7. The van der Waals surface area contributed by atoms with E-state index in [0.29, 0.717) is 11.0 Å². The highest BCUT2D eigenvalue weighted by atomic mass is 19.4. The van der Waals surface area contributed by atoms with Crippen molar-refractivity contribution in [1.82, 2.24) is 0 Å². The summed E-state index contributed by atoms with van der Waals surface area (Å²) < 4.78 is 109. The first kappa shape index (κ1) is 26.8. The minimum Gasteiger partial charge on any atom is -0.464 e. The van der Waals surface area contributed by atoms with E-state index in [0.717, 1.165) is 6.08 Å². The molecule has 38 heavy (non-hydrogen) atoms. The Morgan fingerprint density at radius 2 is 1.53 bits per heavy atom. The van der Waals surface area contributed by atoms with Crippen LogP contribution in [-0.4, -0.2) is 12.6 Å². The zero-order valence-corrected chi connectivity index (χ0v) is 19.5. The second-order valence-corrected chi connectivity index (χ2v) is 8.04. The smallest absolute Gasteiger partial charge is 0.422 e. The normalized spacial score (nSPS) is 13.6. The molecule has 4 rings (SSSR count). The number of benzene rings is 3. The van der Waals surface area contributed by atoms with Crippen LogP contribution < -0.4 is 5.32 Å². The maximum atomic E-state index is 14.9. The summed E-state index contributed by atoms with van der Waals surface area (Å²) in [5.41, 5.74) is -6.27. The average Bonchev–Trinajstić information content (AvgIpc) is 3.30. The first-order valence-electron chi connectivity index (χ1n) is 11.1. The Hall–Kier alpha value is -4.28. The summed E-state index contributed by atoms with van der Waals surface area (Å²) in [5, 5.41) is 2.78. The number of nitrogens with one attached hydrogen (secondary N) is 1. The number of furan rings is 1. The summed E-state index contributed by atoms with van der Waals surface area (Å²) in [6.07, 6.45) is -3.40. The lowest BCUT2D eigenvalue weighted by Crippen LogP contribution is -2.44. The van der Waals surface area contributed by atoms with Gasteiger partial charge in [0.15, 0.2) is 28.8 Å². The number of hydrogen-bond donors (Lipinski definition) is 1. The molecule has 1 atom stereocenters. The summed E-state index contributed by atoms with van der Waals surface area (Å²) >= 11 is 0. The lowest BCUT2D eigenvalue weighted by Gasteiger charge is -2.31. The number of esters is 1. The summed E-state index contributed by atoms with van der Waals surface area (Å²) in [7, 11) is 0. The molecule has 198 valence electrons. The van der Waals surface area contributed by atoms with E-state index < -0.39 is 52.2 Å². The van der Waals surface area contributed by atoms with Crippen LogP contribution in [0.3, 0.4) is 0 Å². The van der Waals surface area contributed by atoms with Gasteiger partial charge in [-0.3, -0.25) is 0 Å². The number of carbonyl (C=O) groups excluding carboxylic acids is 1. The second-order valence-electron chi connectivity index (χ2n) is 8.04. The molecule has 3 aromatic carbocycles. The van der Waals surface area contributed by atoms with Gasteiger partial charge in [0.2, 0.25) is 0 Å². The summed E-state index contributed by atoms with van der Waals surface area (Å²) in [6, 6.07) is 15.6. The molecular weight excluding hydrogens is 519 g/mol. The van der Waals surface area contributed by atoms with Gasteiger partial charge in [0, 0.05) is 5.39 Å². The van der Waals surface area contributed by atoms with Crippen molar-refractivity contribution >= 4 is 28.7 Å². The molecule has 0 spiro atoms. The number of hydrogen-bond acceptors (Lipinski definition) is 4. The number of alkyl halides is 3. The molecule has 4 aromatic rings. The van der Waals surface area contributed by atoms with Crippen molar-refractivity contribution in [3.05, 3.63) is 107 Å². The molecule has 0 amide bonds. The monoisotopic (exact) mass is 537 g/mol. The van der Waals surface area contributed by atoms with Crippen LogP contribution >= 0.6 is 0 Å². The molecule has 0 aliphatic carbocycles. The second kappa shape index (κ2) is 10.2. The summed E-state index contributed by atoms with van der Waals surface area (Å²) in [6.45, 7) is 1.23. The Labute approximate surface area is 211 Å². The quantitative estimate of drug-likeness (QED) is 0.150. The average molecular weight is 537 g/mol. The van der Waals surface area contributed by atoms with Gasteiger partial charge in [-0.15, -0.1) is 0 Å². The molecule has 4 nitrogen and oxygen atoms in total. The van der Waals surface area contributed by atoms with Gasteiger partial charge in [0.1, 0.15) is 22.6 Å². The van der Waals surface area contributed by atoms with E-state index in [1.54, 1.807) is 36.4 Å². The Balaban J connectivity index is 1.94. The fourth-order valence-corrected chi connectivity index (χ4v) is 3.87. The maximum absolute atomic E-state index is 14.9. The van der Waals surface area contributed by atoms with Crippen LogP contribution in [0.4, 0.5) is 36.4 Å². The van der Waals surface area contributed by atoms with Crippen molar-refractivity contribution in [2.24, 2.45) is 0 Å². The molecule has 1 unspecified atom stereocenters. The molecule has 1 heterocycles. The number of ether oxygens (including phenoxy) is 1. The van der Waals surface area contributed by atoms with Gasteiger partial charge >= 0.3 is 12.1 Å². The highest BCUT2D eigenvalue weighted by Gasteiger charge is 2.46. The Morgan fingerprint density at radius 1 is 0.921 bits per heavy atom. The third kappa shape index (κ3) is 4.83. The predicted molar refractivity (Wildman–Crippen MR) is 125 cm³/mol. The number of para-hydroxylation sites is 1. The first-order chi connectivity index (χ1) is 18.0. The number of anilines is 1. The van der Waals surface area contributed by atoms with Crippen LogP contribution in [0.5, 0.6) is 0 Å². The van der Waals surface area contributed by atoms with Crippen molar-refractivity contribution < 1.29 is 44.7 Å². The van der Waals surface area contributed by atoms with E-state index in [1.165, 1.54) is 37.3 Å². The Morgan fingerprint density at radius 3 is 2.11 bits per heavy atom. The summed E-state index contributed by atoms with van der Waals surface area (Å²) in [4.78, 5) is 13.3. The van der Waals surface area contributed by atoms with Crippen LogP contribution in [0, 0.1) is 23.3 Å². The number of fused-ring (bicyclic) bond motifs is 1. The molecule has 11 heteroatoms. The van der Waals surface area contributed by atoms with Crippen molar-refractivity contribution in [1.29, 1.82) is 0 Å². The standard InChI is InChI=1S/C27H18F7NO3/c1-2-37-25(36)26(16-9-4-3-5-10-16,13-12-17-14-15-8-6-7-11-18(15)38-17)35-24-22(30)20(28)19(27(32,33)34)21(29)23(24)31/h3-14,35H,2H2,1H3/b13-12+. The van der Waals surface area contributed by atoms with Crippen molar-refractivity contribution in [2.45, 2.75) is 18.6 Å². The van der Waals surface area contributed by atoms with E-state index in [4.69, 9.17) is 9.15 Å². The van der Waals surface area contributed by atoms with Crippen molar-refractivity contribution in [3.63, 3.8) is 0 Å². The fraction of sp³-hybridized carbons (Fsp3) is 0.148. The molecule has 0 saturated carbocycles. The van der Waals surface area contributed by atoms with Gasteiger partial charge in [0.05, 0.1) is 6.61 Å². The predicted octanol–water partition coefficient (Wildman–Crippen LogP) is 7.59. The third-order valence-corrected chi connectivity index (χ3v) is 5.64. The zero-order chi connectivity index (χ0) is 27.7. The molecular formula is C27H18F7NO3. The zero-order valence-electron chi connectivity index (χ0n) is 19.5. The van der Waals surface area contributed by atoms with Gasteiger partial charge in [-0.25, -0.2) is 22.4 Å². The Kier molecular flexibility index (Phi) is 7.21. The molecule has 0 bridgehead atoms. The molecule has 0 saturated heterocycles. The topological polar surface area (TPSA) is 51.5 Å². The van der Waals surface area contributed by atoms with Crippen LogP contribution in [-0.2, 0) is 21.2 Å². The molecule has 0 aliphatic rings. The van der Waals surface area contributed by atoms with E-state index in [1.807, 2.05) is 0 Å². The van der Waals surface area contributed by atoms with E-state index in [9.17, 15) is 35.5 Å². The number of carbonyl (C=O) groups is 1. The molecule has 1 N–H and O–H groups in total. The Bertz CT molecular complexity index is 1450. The van der Waals surface area contributed by atoms with Gasteiger partial charge in [-0.2, -0.15) is 13.2 Å². The molecule has 0 fully saturated rings. The lowest BCUT2D eigenvalue weighted by atomic mass is 9.88. The molecule has 1 aromatic heterocycles. The van der Waals surface area contributed by atoms with Gasteiger partial charge in [-0.1, -0.05) is 48.5 Å². The highest BCUT2D eigenvalue weighted by molar-refractivity contribution is 5.90. The van der Waals surface area contributed by atoms with Crippen LogP contribution in [0.25, 0.3) is 17.0 Å². The SMILES string of the molecule is CCOC(=O)C(/C=C/c1cc2ccccc2o1)(Nc1c(F)c(F)c(C(F)(F)F)c(F)c1F)c1ccccc1. The third-order valence-electron chi connectivity index (χ3n) is 5.64. The fourth-order valence-electron chi connectivity index (χ4n) is 3.87. The van der Waals surface area contributed by atoms with Gasteiger partial charge < -0.3 is 14.5 Å². The van der Waals surface area contributed by atoms with Crippen LogP contribution in [0.1, 0.15) is 23.8 Å². The molecule has 0 aliphatic heterocycles. The molecule has 0 radical (unpaired) electrons. The van der Waals surface area contributed by atoms with Crippen molar-refractivity contribution in [3.8, 4) is 0 Å². The van der Waals surface area contributed by atoms with E-state index in [-0.39, 0.29) is 17.9 Å². The summed E-state index contributed by atoms with van der Waals surface area (Å²) in [5.74, 6) is -11.1. The van der Waals surface area contributed by atoms with Gasteiger partial charge in [-0.05, 0) is 36.8 Å². The minimum atomic E-state index is -5.73. The minimum absolute atomic E-state index is 0.00896. The van der Waals surface area contributed by atoms with E-state index >= 15 is 0 Å². The van der Waals surface area contributed by atoms with Crippen LogP contribution in [0.15, 0.2) is 71.2 Å². The van der Waals surface area contributed by atoms with E-state index in [2.05, 4.69) is 5.32 Å². The van der Waals surface area contributed by atoms with Crippen molar-refractivity contribution in [2.75, 3.05) is 11.9 Å². The van der Waals surface area contributed by atoms with Crippen LogP contribution in [0.2, 0.25) is 0 Å². The number of rotatable bonds is 7. The van der Waals surface area contributed by atoms with Gasteiger partial charge in [0.25, 0.3) is 0 Å². The largest absolute Gasteiger partial charge is 0.464 e. The lowest BCUT2D eigenvalue weighted by molar-refractivity contribution is -0.147. The first-order valence-corrected chi connectivity index (χ1v) is 11.1. The highest BCUT2D eigenvalue weighted by Crippen LogP contribution is 2.41. The maximum Gasteiger partial charge on any atom is 0.422 e.